The summed E-state index contributed by atoms with van der Waals surface area (Å²) in [5.74, 6) is -0.327. The van der Waals surface area contributed by atoms with Gasteiger partial charge in [0.2, 0.25) is 0 Å². The lowest BCUT2D eigenvalue weighted by atomic mass is 10.1. The van der Waals surface area contributed by atoms with Crippen LogP contribution in [-0.4, -0.2) is 42.7 Å². The summed E-state index contributed by atoms with van der Waals surface area (Å²) in [6.45, 7) is 1.86. The van der Waals surface area contributed by atoms with Gasteiger partial charge in [-0.2, -0.15) is 0 Å². The summed E-state index contributed by atoms with van der Waals surface area (Å²) >= 11 is 0. The average Bonchev–Trinajstić information content (AvgIpc) is 3.17. The lowest BCUT2D eigenvalue weighted by Crippen LogP contribution is -2.29. The van der Waals surface area contributed by atoms with Crippen molar-refractivity contribution in [3.8, 4) is 17.0 Å². The zero-order chi connectivity index (χ0) is 19.0. The molecule has 0 aliphatic carbocycles. The maximum Gasteiger partial charge on any atom is 0.258 e. The van der Waals surface area contributed by atoms with Gasteiger partial charge in [0.05, 0.1) is 18.5 Å². The van der Waals surface area contributed by atoms with Gasteiger partial charge in [-0.1, -0.05) is 0 Å². The zero-order valence-corrected chi connectivity index (χ0v) is 15.3. The molecule has 0 amide bonds. The first-order valence-electron chi connectivity index (χ1n) is 8.88. The van der Waals surface area contributed by atoms with Crippen LogP contribution < -0.4 is 20.5 Å². The molecule has 140 valence electrons. The largest absolute Gasteiger partial charge is 0.494 e. The molecule has 4 rings (SSSR count). The van der Waals surface area contributed by atoms with Crippen LogP contribution in [0.2, 0.25) is 0 Å². The molecule has 27 heavy (non-hydrogen) atoms. The van der Waals surface area contributed by atoms with Crippen molar-refractivity contribution in [2.24, 2.45) is 0 Å². The van der Waals surface area contributed by atoms with Crippen molar-refractivity contribution >= 4 is 11.3 Å². The highest BCUT2D eigenvalue weighted by Crippen LogP contribution is 2.25. The fourth-order valence-electron chi connectivity index (χ4n) is 3.48. The summed E-state index contributed by atoms with van der Waals surface area (Å²) in [7, 11) is 3.38. The van der Waals surface area contributed by atoms with E-state index in [1.165, 1.54) is 29.7 Å². The van der Waals surface area contributed by atoms with E-state index in [0.29, 0.717) is 22.9 Å². The molecule has 1 saturated heterocycles. The lowest BCUT2D eigenvalue weighted by Gasteiger charge is -2.19. The van der Waals surface area contributed by atoms with E-state index < -0.39 is 5.82 Å². The van der Waals surface area contributed by atoms with Gasteiger partial charge in [-0.05, 0) is 43.8 Å². The highest BCUT2D eigenvalue weighted by molar-refractivity contribution is 5.63. The second-order valence-corrected chi connectivity index (χ2v) is 6.66. The third kappa shape index (κ3) is 3.26. The molecule has 0 spiro atoms. The summed E-state index contributed by atoms with van der Waals surface area (Å²) in [5, 5.41) is 3.29. The van der Waals surface area contributed by atoms with Crippen molar-refractivity contribution in [3.05, 3.63) is 58.8 Å². The van der Waals surface area contributed by atoms with Crippen LogP contribution in [0.5, 0.6) is 5.75 Å². The maximum atomic E-state index is 14.0. The first-order chi connectivity index (χ1) is 13.1. The Kier molecular flexibility index (Phi) is 4.53. The Bertz CT molecular complexity index is 1050. The molecule has 0 bridgehead atoms. The summed E-state index contributed by atoms with van der Waals surface area (Å²) in [6.07, 6.45) is 2.89. The normalized spacial score (nSPS) is 16.9. The molecular weight excluding hydrogens is 347 g/mol. The Morgan fingerprint density at radius 3 is 2.81 bits per heavy atom. The number of hydrogen-bond acceptors (Lipinski definition) is 5. The van der Waals surface area contributed by atoms with Crippen molar-refractivity contribution in [2.75, 3.05) is 32.1 Å². The average molecular weight is 368 g/mol. The van der Waals surface area contributed by atoms with Crippen LogP contribution >= 0.6 is 0 Å². The van der Waals surface area contributed by atoms with E-state index in [-0.39, 0.29) is 11.3 Å². The predicted molar refractivity (Wildman–Crippen MR) is 103 cm³/mol. The maximum absolute atomic E-state index is 14.0. The van der Waals surface area contributed by atoms with Crippen LogP contribution in [0.4, 0.5) is 10.1 Å². The van der Waals surface area contributed by atoms with E-state index in [2.05, 4.69) is 15.2 Å². The van der Waals surface area contributed by atoms with Crippen LogP contribution in [0.3, 0.4) is 0 Å². The van der Waals surface area contributed by atoms with E-state index in [4.69, 9.17) is 4.74 Å². The Balaban J connectivity index is 1.71. The van der Waals surface area contributed by atoms with Crippen LogP contribution in [0.25, 0.3) is 16.9 Å². The van der Waals surface area contributed by atoms with Crippen LogP contribution in [0.1, 0.15) is 6.42 Å². The fourth-order valence-corrected chi connectivity index (χ4v) is 3.48. The molecule has 1 unspecified atom stereocenters. The van der Waals surface area contributed by atoms with E-state index in [1.807, 2.05) is 25.4 Å². The SMILES string of the molecule is CNC1CCN(c2ccc3nc(-c4ccc(OC)c(F)c4)cc(=O)n3c2)C1. The molecule has 3 heterocycles. The summed E-state index contributed by atoms with van der Waals surface area (Å²) in [6, 6.07) is 10.2. The molecular formula is C20H21FN4O2. The molecule has 7 heteroatoms. The van der Waals surface area contributed by atoms with Crippen LogP contribution in [0, 0.1) is 5.82 Å². The van der Waals surface area contributed by atoms with Crippen molar-refractivity contribution < 1.29 is 9.13 Å². The molecule has 2 aromatic heterocycles. The van der Waals surface area contributed by atoms with Crippen LogP contribution in [-0.2, 0) is 0 Å². The number of nitrogens with zero attached hydrogens (tertiary/aromatic N) is 3. The molecule has 1 aliphatic rings. The first-order valence-corrected chi connectivity index (χ1v) is 8.88. The number of aromatic nitrogens is 2. The van der Waals surface area contributed by atoms with Gasteiger partial charge in [-0.3, -0.25) is 9.20 Å². The third-order valence-corrected chi connectivity index (χ3v) is 5.05. The summed E-state index contributed by atoms with van der Waals surface area (Å²) in [5.41, 5.74) is 2.30. The van der Waals surface area contributed by atoms with Crippen LogP contribution in [0.15, 0.2) is 47.4 Å². The van der Waals surface area contributed by atoms with E-state index in [9.17, 15) is 9.18 Å². The molecule has 0 radical (unpaired) electrons. The van der Waals surface area contributed by atoms with E-state index in [1.54, 1.807) is 6.07 Å². The third-order valence-electron chi connectivity index (χ3n) is 5.05. The number of fused-ring (bicyclic) bond motifs is 1. The quantitative estimate of drug-likeness (QED) is 0.766. The topological polar surface area (TPSA) is 58.9 Å². The zero-order valence-electron chi connectivity index (χ0n) is 15.3. The standard InChI is InChI=1S/C20H21FN4O2/c1-22-14-7-8-24(11-14)15-4-6-19-23-17(10-20(26)25(19)12-15)13-3-5-18(27-2)16(21)9-13/h3-6,9-10,12,14,22H,7-8,11H2,1-2H3. The highest BCUT2D eigenvalue weighted by atomic mass is 19.1. The van der Waals surface area contributed by atoms with Crippen molar-refractivity contribution in [3.63, 3.8) is 0 Å². The Labute approximate surface area is 156 Å². The molecule has 1 aliphatic heterocycles. The van der Waals surface area contributed by atoms with Gasteiger partial charge in [0.15, 0.2) is 11.6 Å². The van der Waals surface area contributed by atoms with Crippen molar-refractivity contribution in [1.29, 1.82) is 0 Å². The van der Waals surface area contributed by atoms with Gasteiger partial charge >= 0.3 is 0 Å². The predicted octanol–water partition coefficient (Wildman–Crippen LogP) is 2.31. The van der Waals surface area contributed by atoms with Gasteiger partial charge < -0.3 is 15.0 Å². The number of likely N-dealkylation sites (N-methyl/N-ethyl adjacent to an activating group) is 1. The molecule has 3 aromatic rings. The minimum atomic E-state index is -0.486. The van der Waals surface area contributed by atoms with Crippen molar-refractivity contribution in [2.45, 2.75) is 12.5 Å². The number of hydrogen-bond donors (Lipinski definition) is 1. The Morgan fingerprint density at radius 2 is 2.11 bits per heavy atom. The second-order valence-electron chi connectivity index (χ2n) is 6.66. The second kappa shape index (κ2) is 7.00. The number of benzene rings is 1. The number of rotatable bonds is 4. The smallest absolute Gasteiger partial charge is 0.258 e. The number of ether oxygens (including phenoxy) is 1. The fraction of sp³-hybridized carbons (Fsp3) is 0.300. The number of methoxy groups -OCH3 is 1. The summed E-state index contributed by atoms with van der Waals surface area (Å²) in [4.78, 5) is 19.4. The van der Waals surface area contributed by atoms with Gasteiger partial charge in [0.1, 0.15) is 5.65 Å². The number of nitrogens with one attached hydrogen (secondary N) is 1. The van der Waals surface area contributed by atoms with E-state index >= 15 is 0 Å². The number of halogens is 1. The molecule has 1 atom stereocenters. The summed E-state index contributed by atoms with van der Waals surface area (Å²) < 4.78 is 20.5. The monoisotopic (exact) mass is 368 g/mol. The van der Waals surface area contributed by atoms with Gasteiger partial charge in [-0.15, -0.1) is 0 Å². The van der Waals surface area contributed by atoms with E-state index in [0.717, 1.165) is 25.2 Å². The Morgan fingerprint density at radius 1 is 1.26 bits per heavy atom. The molecule has 0 saturated carbocycles. The number of pyridine rings is 1. The molecule has 1 N–H and O–H groups in total. The first kappa shape index (κ1) is 17.5. The lowest BCUT2D eigenvalue weighted by molar-refractivity contribution is 0.386. The minimum absolute atomic E-state index is 0.159. The van der Waals surface area contributed by atoms with Gasteiger partial charge in [0.25, 0.3) is 5.56 Å². The Hall–Kier alpha value is -2.93. The highest BCUT2D eigenvalue weighted by Gasteiger charge is 2.21. The molecule has 1 aromatic carbocycles. The number of anilines is 1. The van der Waals surface area contributed by atoms with Gasteiger partial charge in [-0.25, -0.2) is 9.37 Å². The van der Waals surface area contributed by atoms with Gasteiger partial charge in [0, 0.05) is 37.0 Å². The molecule has 1 fully saturated rings. The minimum Gasteiger partial charge on any atom is -0.494 e. The van der Waals surface area contributed by atoms with Crippen molar-refractivity contribution in [1.82, 2.24) is 14.7 Å². The molecule has 6 nitrogen and oxygen atoms in total.